The molecule has 9 nitrogen and oxygen atoms in total. The van der Waals surface area contributed by atoms with E-state index in [-0.39, 0.29) is 23.7 Å². The molecule has 2 amide bonds. The Hall–Kier alpha value is -2.62. The highest BCUT2D eigenvalue weighted by atomic mass is 32.2. The summed E-state index contributed by atoms with van der Waals surface area (Å²) in [7, 11) is 4.54. The maximum absolute atomic E-state index is 12.2. The summed E-state index contributed by atoms with van der Waals surface area (Å²) in [6, 6.07) is 4.12. The van der Waals surface area contributed by atoms with Crippen molar-refractivity contribution in [3.8, 4) is 5.75 Å². The highest BCUT2D eigenvalue weighted by Crippen LogP contribution is 2.31. The molecule has 1 atom stereocenters. The van der Waals surface area contributed by atoms with E-state index in [1.54, 1.807) is 14.1 Å². The highest BCUT2D eigenvalue weighted by molar-refractivity contribution is 8.15. The number of amidine groups is 1. The van der Waals surface area contributed by atoms with Gasteiger partial charge in [0.05, 0.1) is 18.1 Å². The highest BCUT2D eigenvalue weighted by Gasteiger charge is 2.36. The second kappa shape index (κ2) is 7.30. The van der Waals surface area contributed by atoms with Gasteiger partial charge < -0.3 is 10.1 Å². The Kier molecular flexibility index (Phi) is 5.39. The van der Waals surface area contributed by atoms with Crippen molar-refractivity contribution < 1.29 is 19.2 Å². The van der Waals surface area contributed by atoms with Crippen LogP contribution >= 0.6 is 11.8 Å². The Bertz CT molecular complexity index is 721. The molecule has 1 aliphatic heterocycles. The number of nitrogens with one attached hydrogen (secondary N) is 1. The van der Waals surface area contributed by atoms with Crippen LogP contribution < -0.4 is 10.1 Å². The van der Waals surface area contributed by atoms with E-state index in [0.29, 0.717) is 10.9 Å². The molecule has 1 N–H and O–H groups in total. The molecular weight excluding hydrogens is 336 g/mol. The molecule has 0 aliphatic carbocycles. The van der Waals surface area contributed by atoms with E-state index in [1.807, 2.05) is 0 Å². The minimum absolute atomic E-state index is 0.0546. The number of aliphatic imine (C=N–C) groups is 1. The van der Waals surface area contributed by atoms with Gasteiger partial charge in [-0.05, 0) is 12.1 Å². The molecule has 24 heavy (non-hydrogen) atoms. The van der Waals surface area contributed by atoms with Crippen LogP contribution in [0.1, 0.15) is 6.42 Å². The lowest BCUT2D eigenvalue weighted by molar-refractivity contribution is -0.384. The fourth-order valence-corrected chi connectivity index (χ4v) is 3.27. The van der Waals surface area contributed by atoms with Crippen molar-refractivity contribution >= 4 is 40.1 Å². The number of anilines is 1. The fourth-order valence-electron chi connectivity index (χ4n) is 2.16. The maximum atomic E-state index is 12.2. The van der Waals surface area contributed by atoms with E-state index in [1.165, 1.54) is 42.0 Å². The van der Waals surface area contributed by atoms with Gasteiger partial charge in [0.15, 0.2) is 5.17 Å². The number of carbonyl (C=O) groups excluding carboxylic acids is 2. The molecule has 0 spiro atoms. The van der Waals surface area contributed by atoms with E-state index in [9.17, 15) is 19.7 Å². The van der Waals surface area contributed by atoms with E-state index in [0.717, 1.165) is 0 Å². The smallest absolute Gasteiger partial charge is 0.296 e. The van der Waals surface area contributed by atoms with Gasteiger partial charge in [-0.3, -0.25) is 29.6 Å². The van der Waals surface area contributed by atoms with Crippen LogP contribution in [0.5, 0.6) is 5.75 Å². The van der Waals surface area contributed by atoms with Gasteiger partial charge in [-0.1, -0.05) is 11.8 Å². The van der Waals surface area contributed by atoms with Crippen molar-refractivity contribution in [1.82, 2.24) is 4.90 Å². The van der Waals surface area contributed by atoms with Crippen molar-refractivity contribution in [2.45, 2.75) is 11.7 Å². The van der Waals surface area contributed by atoms with Crippen molar-refractivity contribution in [3.05, 3.63) is 28.3 Å². The molecule has 0 unspecified atom stereocenters. The number of nitrogens with zero attached hydrogens (tertiary/aromatic N) is 3. The normalized spacial score (nSPS) is 18.8. The minimum atomic E-state index is -0.608. The number of rotatable bonds is 5. The predicted octanol–water partition coefficient (Wildman–Crippen LogP) is 1.49. The summed E-state index contributed by atoms with van der Waals surface area (Å²) in [6.07, 6.45) is -0.101. The Morgan fingerprint density at radius 3 is 2.79 bits per heavy atom. The number of methoxy groups -OCH3 is 1. The predicted molar refractivity (Wildman–Crippen MR) is 90.4 cm³/mol. The lowest BCUT2D eigenvalue weighted by Crippen LogP contribution is -2.30. The number of hydrogen-bond donors (Lipinski definition) is 1. The summed E-state index contributed by atoms with van der Waals surface area (Å²) in [5.74, 6) is -0.397. The zero-order valence-electron chi connectivity index (χ0n) is 13.3. The third-order valence-corrected chi connectivity index (χ3v) is 4.70. The molecule has 1 heterocycles. The van der Waals surface area contributed by atoms with Crippen molar-refractivity contribution in [2.24, 2.45) is 4.99 Å². The summed E-state index contributed by atoms with van der Waals surface area (Å²) in [4.78, 5) is 40.1. The van der Waals surface area contributed by atoms with Gasteiger partial charge in [0.2, 0.25) is 11.8 Å². The molecule has 10 heteroatoms. The molecule has 1 aromatic rings. The monoisotopic (exact) mass is 352 g/mol. The summed E-state index contributed by atoms with van der Waals surface area (Å²) >= 11 is 1.19. The maximum Gasteiger partial charge on any atom is 0.296 e. The summed E-state index contributed by atoms with van der Waals surface area (Å²) in [5, 5.41) is 13.5. The third kappa shape index (κ3) is 3.65. The first-order valence-electron chi connectivity index (χ1n) is 6.90. The molecular formula is C14H16N4O5S. The fraction of sp³-hybridized carbons (Fsp3) is 0.357. The molecule has 2 rings (SSSR count). The van der Waals surface area contributed by atoms with Gasteiger partial charge in [0, 0.05) is 20.5 Å². The Morgan fingerprint density at radius 2 is 2.25 bits per heavy atom. The first kappa shape index (κ1) is 17.7. The van der Waals surface area contributed by atoms with Crippen LogP contribution in [0.2, 0.25) is 0 Å². The molecule has 1 aromatic carbocycles. The number of thioether (sulfide) groups is 1. The number of benzene rings is 1. The first-order chi connectivity index (χ1) is 11.4. The van der Waals surface area contributed by atoms with Crippen LogP contribution in [0.4, 0.5) is 11.4 Å². The van der Waals surface area contributed by atoms with Gasteiger partial charge in [0.25, 0.3) is 5.69 Å². The largest absolute Gasteiger partial charge is 0.496 e. The second-order valence-electron chi connectivity index (χ2n) is 4.90. The molecule has 1 fully saturated rings. The van der Waals surface area contributed by atoms with Gasteiger partial charge in [-0.25, -0.2) is 0 Å². The molecule has 0 bridgehead atoms. The Labute approximate surface area is 142 Å². The molecule has 0 radical (unpaired) electrons. The second-order valence-corrected chi connectivity index (χ2v) is 6.07. The number of hydrogen-bond acceptors (Lipinski definition) is 7. The van der Waals surface area contributed by atoms with Gasteiger partial charge in [-0.2, -0.15) is 0 Å². The summed E-state index contributed by atoms with van der Waals surface area (Å²) in [5.41, 5.74) is -0.222. The van der Waals surface area contributed by atoms with Crippen LogP contribution in [0.3, 0.4) is 0 Å². The zero-order chi connectivity index (χ0) is 17.9. The number of carbonyl (C=O) groups is 2. The third-order valence-electron chi connectivity index (χ3n) is 3.38. The van der Waals surface area contributed by atoms with Crippen molar-refractivity contribution in [2.75, 3.05) is 26.5 Å². The summed E-state index contributed by atoms with van der Waals surface area (Å²) < 4.78 is 4.94. The Balaban J connectivity index is 2.11. The number of nitro groups is 1. The molecule has 0 aromatic heterocycles. The lowest BCUT2D eigenvalue weighted by Gasteiger charge is -2.10. The lowest BCUT2D eigenvalue weighted by atomic mass is 10.2. The first-order valence-corrected chi connectivity index (χ1v) is 7.78. The van der Waals surface area contributed by atoms with Gasteiger partial charge >= 0.3 is 0 Å². The molecule has 1 saturated heterocycles. The number of nitro benzene ring substituents is 1. The van der Waals surface area contributed by atoms with Crippen molar-refractivity contribution in [3.63, 3.8) is 0 Å². The molecule has 128 valence electrons. The van der Waals surface area contributed by atoms with E-state index in [2.05, 4.69) is 10.3 Å². The standard InChI is InChI=1S/C14H16N4O5S/c1-15-14-17(2)13(20)11(24-14)7-12(19)16-9-5-4-8(23-3)6-10(9)18(21)22/h4-6,11H,7H2,1-3H3,(H,16,19)/t11-/m1/s1. The van der Waals surface area contributed by atoms with Crippen LogP contribution in [0, 0.1) is 10.1 Å². The van der Waals surface area contributed by atoms with Crippen LogP contribution in [-0.4, -0.2) is 53.3 Å². The van der Waals surface area contributed by atoms with Gasteiger partial charge in [0.1, 0.15) is 16.7 Å². The Morgan fingerprint density at radius 1 is 1.54 bits per heavy atom. The number of amides is 2. The van der Waals surface area contributed by atoms with Gasteiger partial charge in [-0.15, -0.1) is 0 Å². The van der Waals surface area contributed by atoms with E-state index in [4.69, 9.17) is 4.74 Å². The minimum Gasteiger partial charge on any atom is -0.496 e. The average molecular weight is 352 g/mol. The van der Waals surface area contributed by atoms with Crippen LogP contribution in [-0.2, 0) is 9.59 Å². The van der Waals surface area contributed by atoms with Crippen LogP contribution in [0.25, 0.3) is 0 Å². The van der Waals surface area contributed by atoms with E-state index >= 15 is 0 Å². The molecule has 0 saturated carbocycles. The van der Waals surface area contributed by atoms with E-state index < -0.39 is 16.1 Å². The SMILES string of the molecule is CN=C1S[C@H](CC(=O)Nc2ccc(OC)cc2[N+](=O)[O-])C(=O)N1C. The van der Waals surface area contributed by atoms with Crippen molar-refractivity contribution in [1.29, 1.82) is 0 Å². The summed E-state index contributed by atoms with van der Waals surface area (Å²) in [6.45, 7) is 0. The quantitative estimate of drug-likeness (QED) is 0.634. The topological polar surface area (TPSA) is 114 Å². The number of ether oxygens (including phenoxy) is 1. The van der Waals surface area contributed by atoms with Crippen LogP contribution in [0.15, 0.2) is 23.2 Å². The average Bonchev–Trinajstić information content (AvgIpc) is 2.82. The molecule has 1 aliphatic rings. The zero-order valence-corrected chi connectivity index (χ0v) is 14.1.